The van der Waals surface area contributed by atoms with Crippen molar-refractivity contribution in [3.05, 3.63) is 36.9 Å². The summed E-state index contributed by atoms with van der Waals surface area (Å²) in [5.41, 5.74) is 1.04. The Labute approximate surface area is 188 Å². The molecule has 2 amide bonds. The number of thiazole rings is 1. The summed E-state index contributed by atoms with van der Waals surface area (Å²) < 4.78 is 5.90. The summed E-state index contributed by atoms with van der Waals surface area (Å²) in [6.45, 7) is 2.74. The fraction of sp³-hybridized carbons (Fsp3) is 0.500. The maximum absolute atomic E-state index is 13.2. The molecule has 1 fully saturated rings. The molecule has 1 unspecified atom stereocenters. The maximum atomic E-state index is 13.2. The Morgan fingerprint density at radius 2 is 2.23 bits per heavy atom. The Hall–Kier alpha value is -1.65. The van der Waals surface area contributed by atoms with Gasteiger partial charge >= 0.3 is 0 Å². The van der Waals surface area contributed by atoms with Crippen molar-refractivity contribution in [3.8, 4) is 0 Å². The van der Waals surface area contributed by atoms with Crippen molar-refractivity contribution in [2.24, 2.45) is 10.9 Å². The number of amides is 2. The van der Waals surface area contributed by atoms with E-state index in [2.05, 4.69) is 21.9 Å². The summed E-state index contributed by atoms with van der Waals surface area (Å²) in [5, 5.41) is 0.540. The van der Waals surface area contributed by atoms with E-state index in [1.807, 2.05) is 4.90 Å². The van der Waals surface area contributed by atoms with Crippen LogP contribution in [0, 0.1) is 5.92 Å². The van der Waals surface area contributed by atoms with Gasteiger partial charge in [0.2, 0.25) is 0 Å². The van der Waals surface area contributed by atoms with Crippen molar-refractivity contribution in [3.63, 3.8) is 0 Å². The highest BCUT2D eigenvalue weighted by atomic mass is 35.5. The first kappa shape index (κ1) is 21.6. The topological polar surface area (TPSA) is 75.1 Å². The standard InChI is InChI=1S/C20H23ClN4O3S2/c1-24-6-5-14-16(10-24)30-19(23-14)20(27)25-9-12(7-13(25)11-28-2)8-22-18(26)15-3-4-17(21)29-15/h3-4,8,12-13H,5-7,9-11H2,1-2H3/t12?,13-/m0/s1. The van der Waals surface area contributed by atoms with Crippen molar-refractivity contribution < 1.29 is 14.3 Å². The zero-order valence-electron chi connectivity index (χ0n) is 16.8. The second-order valence-electron chi connectivity index (χ2n) is 7.63. The fourth-order valence-corrected chi connectivity index (χ4v) is 5.94. The van der Waals surface area contributed by atoms with E-state index < -0.39 is 0 Å². The number of likely N-dealkylation sites (tertiary alicyclic amines) is 1. The molecule has 2 aromatic heterocycles. The van der Waals surface area contributed by atoms with Gasteiger partial charge in [-0.3, -0.25) is 9.59 Å². The molecule has 0 radical (unpaired) electrons. The number of ether oxygens (including phenoxy) is 1. The number of hydrogen-bond acceptors (Lipinski definition) is 7. The van der Waals surface area contributed by atoms with Gasteiger partial charge in [-0.25, -0.2) is 9.98 Å². The predicted octanol–water partition coefficient (Wildman–Crippen LogP) is 3.23. The van der Waals surface area contributed by atoms with Crippen LogP contribution in [0.1, 0.15) is 36.5 Å². The molecular formula is C20H23ClN4O3S2. The molecule has 2 atom stereocenters. The lowest BCUT2D eigenvalue weighted by Crippen LogP contribution is -2.38. The third-order valence-corrected chi connectivity index (χ3v) is 7.65. The van der Waals surface area contributed by atoms with Gasteiger partial charge in [0.15, 0.2) is 5.01 Å². The lowest BCUT2D eigenvalue weighted by Gasteiger charge is -2.22. The van der Waals surface area contributed by atoms with Crippen LogP contribution in [0.3, 0.4) is 0 Å². The zero-order chi connectivity index (χ0) is 21.3. The largest absolute Gasteiger partial charge is 0.383 e. The Morgan fingerprint density at radius 3 is 2.97 bits per heavy atom. The lowest BCUT2D eigenvalue weighted by molar-refractivity contribution is 0.0629. The molecule has 2 aliphatic rings. The summed E-state index contributed by atoms with van der Waals surface area (Å²) in [6.07, 6.45) is 3.24. The highest BCUT2D eigenvalue weighted by Crippen LogP contribution is 2.29. The van der Waals surface area contributed by atoms with E-state index in [1.165, 1.54) is 27.6 Å². The summed E-state index contributed by atoms with van der Waals surface area (Å²) in [6, 6.07) is 3.30. The van der Waals surface area contributed by atoms with Crippen molar-refractivity contribution in [1.82, 2.24) is 14.8 Å². The number of carbonyl (C=O) groups is 2. The molecule has 4 heterocycles. The second-order valence-corrected chi connectivity index (χ2v) is 10.4. The lowest BCUT2D eigenvalue weighted by atomic mass is 10.1. The quantitative estimate of drug-likeness (QED) is 0.632. The SMILES string of the molecule is COC[C@@H]1CC(C=NC(=O)c2ccc(Cl)s2)CN1C(=O)c1nc2c(s1)CN(C)CC2. The van der Waals surface area contributed by atoms with E-state index in [0.717, 1.165) is 25.2 Å². The molecule has 0 bridgehead atoms. The van der Waals surface area contributed by atoms with Crippen LogP contribution in [-0.2, 0) is 17.7 Å². The first-order valence-electron chi connectivity index (χ1n) is 9.75. The minimum Gasteiger partial charge on any atom is -0.383 e. The summed E-state index contributed by atoms with van der Waals surface area (Å²) >= 11 is 8.59. The number of nitrogens with zero attached hydrogens (tertiary/aromatic N) is 4. The average molecular weight is 467 g/mol. The molecule has 1 saturated heterocycles. The minimum absolute atomic E-state index is 0.00537. The Bertz CT molecular complexity index is 973. The Morgan fingerprint density at radius 1 is 1.40 bits per heavy atom. The summed E-state index contributed by atoms with van der Waals surface area (Å²) in [7, 11) is 3.71. The number of aliphatic imine (C=N–C) groups is 1. The number of carbonyl (C=O) groups excluding carboxylic acids is 2. The summed E-state index contributed by atoms with van der Waals surface area (Å²) in [5.74, 6) is -0.378. The molecule has 160 valence electrons. The van der Waals surface area contributed by atoms with Crippen LogP contribution in [0.2, 0.25) is 4.34 Å². The Kier molecular flexibility index (Phi) is 6.64. The highest BCUT2D eigenvalue weighted by Gasteiger charge is 2.36. The number of methoxy groups -OCH3 is 1. The fourth-order valence-electron chi connectivity index (χ4n) is 3.86. The van der Waals surface area contributed by atoms with Crippen molar-refractivity contribution in [2.45, 2.75) is 25.4 Å². The van der Waals surface area contributed by atoms with Gasteiger partial charge < -0.3 is 14.5 Å². The average Bonchev–Trinajstić information content (AvgIpc) is 3.43. The molecule has 0 N–H and O–H groups in total. The molecular weight excluding hydrogens is 444 g/mol. The van der Waals surface area contributed by atoms with Gasteiger partial charge in [-0.2, -0.15) is 0 Å². The molecule has 30 heavy (non-hydrogen) atoms. The van der Waals surface area contributed by atoms with Crippen LogP contribution in [0.4, 0.5) is 0 Å². The molecule has 2 aromatic rings. The van der Waals surface area contributed by atoms with Gasteiger partial charge in [0.25, 0.3) is 11.8 Å². The van der Waals surface area contributed by atoms with E-state index in [-0.39, 0.29) is 23.8 Å². The monoisotopic (exact) mass is 466 g/mol. The van der Waals surface area contributed by atoms with Crippen molar-refractivity contribution in [2.75, 3.05) is 33.9 Å². The number of hydrogen-bond donors (Lipinski definition) is 0. The number of thiophene rings is 1. The van der Waals surface area contributed by atoms with Crippen molar-refractivity contribution in [1.29, 1.82) is 0 Å². The van der Waals surface area contributed by atoms with Crippen LogP contribution in [0.15, 0.2) is 17.1 Å². The molecule has 0 spiro atoms. The molecule has 2 aliphatic heterocycles. The van der Waals surface area contributed by atoms with Crippen molar-refractivity contribution >= 4 is 52.3 Å². The van der Waals surface area contributed by atoms with E-state index in [1.54, 1.807) is 25.5 Å². The van der Waals surface area contributed by atoms with E-state index in [4.69, 9.17) is 16.3 Å². The number of halogens is 1. The third-order valence-electron chi connectivity index (χ3n) is 5.36. The van der Waals surface area contributed by atoms with Gasteiger partial charge in [0.05, 0.1) is 27.6 Å². The van der Waals surface area contributed by atoms with Crippen LogP contribution in [0.5, 0.6) is 0 Å². The molecule has 7 nitrogen and oxygen atoms in total. The van der Waals surface area contributed by atoms with Gasteiger partial charge in [-0.05, 0) is 25.6 Å². The number of rotatable bonds is 5. The highest BCUT2D eigenvalue weighted by molar-refractivity contribution is 7.18. The first-order chi connectivity index (χ1) is 14.4. The normalized spacial score (nSPS) is 22.0. The number of likely N-dealkylation sites (N-methyl/N-ethyl adjacent to an activating group) is 1. The number of aromatic nitrogens is 1. The van der Waals surface area contributed by atoms with Gasteiger partial charge in [0.1, 0.15) is 0 Å². The Balaban J connectivity index is 1.46. The van der Waals surface area contributed by atoms with E-state index >= 15 is 0 Å². The zero-order valence-corrected chi connectivity index (χ0v) is 19.2. The van der Waals surface area contributed by atoms with Gasteiger partial charge in [-0.15, -0.1) is 22.7 Å². The molecule has 4 rings (SSSR count). The van der Waals surface area contributed by atoms with Crippen LogP contribution in [0.25, 0.3) is 0 Å². The molecule has 10 heteroatoms. The van der Waals surface area contributed by atoms with Crippen LogP contribution < -0.4 is 0 Å². The molecule has 0 saturated carbocycles. The van der Waals surface area contributed by atoms with E-state index in [0.29, 0.717) is 33.8 Å². The maximum Gasteiger partial charge on any atom is 0.286 e. The smallest absolute Gasteiger partial charge is 0.286 e. The number of fused-ring (bicyclic) bond motifs is 1. The van der Waals surface area contributed by atoms with Gasteiger partial charge in [0, 0.05) is 50.2 Å². The minimum atomic E-state index is -0.309. The predicted molar refractivity (Wildman–Crippen MR) is 119 cm³/mol. The van der Waals surface area contributed by atoms with Gasteiger partial charge in [-0.1, -0.05) is 11.6 Å². The molecule has 0 aliphatic carbocycles. The van der Waals surface area contributed by atoms with Crippen LogP contribution in [-0.4, -0.2) is 72.7 Å². The molecule has 0 aromatic carbocycles. The third kappa shape index (κ3) is 4.65. The first-order valence-corrected chi connectivity index (χ1v) is 11.8. The summed E-state index contributed by atoms with van der Waals surface area (Å²) in [4.78, 5) is 39.9. The van der Waals surface area contributed by atoms with E-state index in [9.17, 15) is 9.59 Å². The van der Waals surface area contributed by atoms with Crippen LogP contribution >= 0.6 is 34.3 Å². The second kappa shape index (κ2) is 9.23.